The van der Waals surface area contributed by atoms with Crippen molar-refractivity contribution in [3.63, 3.8) is 0 Å². The maximum atomic E-state index is 5.55. The van der Waals surface area contributed by atoms with E-state index in [0.29, 0.717) is 24.2 Å². The lowest BCUT2D eigenvalue weighted by Crippen LogP contribution is -2.45. The summed E-state index contributed by atoms with van der Waals surface area (Å²) in [4.78, 5) is 0. The van der Waals surface area contributed by atoms with E-state index < -0.39 is 0 Å². The van der Waals surface area contributed by atoms with Gasteiger partial charge in [0, 0.05) is 25.2 Å². The van der Waals surface area contributed by atoms with Crippen molar-refractivity contribution in [2.45, 2.75) is 101 Å². The summed E-state index contributed by atoms with van der Waals surface area (Å²) in [5.41, 5.74) is 5.71. The molecule has 4 saturated heterocycles. The Balaban J connectivity index is 0.000000105. The molecule has 39 heavy (non-hydrogen) atoms. The Labute approximate surface area is 238 Å². The first-order valence-electron chi connectivity index (χ1n) is 16.2. The van der Waals surface area contributed by atoms with Gasteiger partial charge >= 0.3 is 0 Å². The zero-order valence-electron chi connectivity index (χ0n) is 24.6. The Bertz CT molecular complexity index is 797. The minimum atomic E-state index is 0.432. The van der Waals surface area contributed by atoms with Crippen molar-refractivity contribution in [1.29, 1.82) is 0 Å². The summed E-state index contributed by atoms with van der Waals surface area (Å²) in [6.07, 6.45) is 16.3. The van der Waals surface area contributed by atoms with Crippen LogP contribution >= 0.6 is 0 Å². The minimum Gasteiger partial charge on any atom is -0.375 e. The topological polar surface area (TPSA) is 57.3 Å². The Morgan fingerprint density at radius 2 is 1.13 bits per heavy atom. The number of fused-ring (bicyclic) bond motifs is 4. The summed E-state index contributed by atoms with van der Waals surface area (Å²) in [6.45, 7) is 22.9. The van der Waals surface area contributed by atoms with E-state index in [1.807, 2.05) is 0 Å². The standard InChI is InChI=1S/2C9H15N.C8H13NO.C8H13N/c1-7-2-3-8-4-5-10-6-9(7)8;1-7-4-5-8-3-2-6-10-9(7)8;1-6-2-3-7-8(6)9-4-5-10-7;1-6-2-3-7-4-5-9-8(6)7/h2*8-10H,1-6H2;7-9H,1-5H2;7-9H,1-5H2. The van der Waals surface area contributed by atoms with Crippen LogP contribution in [0.15, 0.2) is 48.6 Å². The average molecular weight is 537 g/mol. The van der Waals surface area contributed by atoms with Crippen LogP contribution < -0.4 is 21.3 Å². The summed E-state index contributed by atoms with van der Waals surface area (Å²) >= 11 is 0. The van der Waals surface area contributed by atoms with Crippen LogP contribution in [0.5, 0.6) is 0 Å². The third-order valence-electron chi connectivity index (χ3n) is 10.8. The second-order valence-electron chi connectivity index (χ2n) is 13.3. The molecule has 0 aromatic heterocycles. The normalized spacial score (nSPS) is 40.2. The van der Waals surface area contributed by atoms with Crippen LogP contribution in [0.3, 0.4) is 0 Å². The Morgan fingerprint density at radius 3 is 1.82 bits per heavy atom. The van der Waals surface area contributed by atoms with Gasteiger partial charge in [-0.25, -0.2) is 0 Å². The first kappa shape index (κ1) is 29.3. The molecule has 4 heterocycles. The van der Waals surface area contributed by atoms with E-state index in [2.05, 4.69) is 47.6 Å². The van der Waals surface area contributed by atoms with E-state index in [0.717, 1.165) is 49.7 Å². The predicted octanol–water partition coefficient (Wildman–Crippen LogP) is 5.27. The molecule has 218 valence electrons. The quantitative estimate of drug-likeness (QED) is 0.318. The third-order valence-corrected chi connectivity index (χ3v) is 10.8. The molecule has 0 aromatic carbocycles. The van der Waals surface area contributed by atoms with Gasteiger partial charge in [0.2, 0.25) is 0 Å². The van der Waals surface area contributed by atoms with E-state index in [-0.39, 0.29) is 0 Å². The number of morpholine rings is 1. The molecule has 0 spiro atoms. The summed E-state index contributed by atoms with van der Waals surface area (Å²) < 4.78 is 5.55. The van der Waals surface area contributed by atoms with Gasteiger partial charge in [0.25, 0.3) is 0 Å². The SMILES string of the molecule is C=C1CCC2CCCNC12.C=C1CCC2CCNC12.C=C1CCC2CCNCC12.C=C1CCC2OCCNC12. The number of ether oxygens (including phenoxy) is 1. The van der Waals surface area contributed by atoms with Crippen LogP contribution in [-0.4, -0.2) is 63.6 Å². The molecule has 4 aliphatic heterocycles. The van der Waals surface area contributed by atoms with E-state index in [4.69, 9.17) is 4.74 Å². The van der Waals surface area contributed by atoms with Crippen molar-refractivity contribution in [2.75, 3.05) is 39.3 Å². The molecule has 8 rings (SSSR count). The van der Waals surface area contributed by atoms with Crippen molar-refractivity contribution in [2.24, 2.45) is 23.7 Å². The van der Waals surface area contributed by atoms with Crippen molar-refractivity contribution >= 4 is 0 Å². The Hall–Kier alpha value is -1.24. The second-order valence-corrected chi connectivity index (χ2v) is 13.3. The zero-order valence-corrected chi connectivity index (χ0v) is 24.6. The highest BCUT2D eigenvalue weighted by atomic mass is 16.5. The van der Waals surface area contributed by atoms with E-state index in [1.165, 1.54) is 113 Å². The van der Waals surface area contributed by atoms with Crippen molar-refractivity contribution < 1.29 is 4.74 Å². The summed E-state index contributed by atoms with van der Waals surface area (Å²) in [5, 5.41) is 13.8. The molecule has 8 aliphatic rings. The van der Waals surface area contributed by atoms with Gasteiger partial charge in [-0.05, 0) is 120 Å². The number of nitrogens with one attached hydrogen (secondary N) is 4. The molecule has 5 heteroatoms. The maximum Gasteiger partial charge on any atom is 0.0770 e. The van der Waals surface area contributed by atoms with Crippen molar-refractivity contribution in [3.8, 4) is 0 Å². The molecule has 8 atom stereocenters. The Kier molecular flexibility index (Phi) is 10.6. The highest BCUT2D eigenvalue weighted by Crippen LogP contribution is 2.38. The van der Waals surface area contributed by atoms with E-state index >= 15 is 0 Å². The van der Waals surface area contributed by atoms with Crippen LogP contribution in [0.2, 0.25) is 0 Å². The van der Waals surface area contributed by atoms with Gasteiger partial charge in [0.05, 0.1) is 18.8 Å². The Morgan fingerprint density at radius 1 is 0.538 bits per heavy atom. The zero-order chi connectivity index (χ0) is 27.2. The molecule has 4 aliphatic carbocycles. The van der Waals surface area contributed by atoms with Crippen LogP contribution in [0.25, 0.3) is 0 Å². The molecule has 0 bridgehead atoms. The molecule has 8 unspecified atom stereocenters. The lowest BCUT2D eigenvalue weighted by atomic mass is 9.88. The highest BCUT2D eigenvalue weighted by Gasteiger charge is 2.35. The van der Waals surface area contributed by atoms with Crippen molar-refractivity contribution in [1.82, 2.24) is 21.3 Å². The van der Waals surface area contributed by atoms with Crippen LogP contribution in [0.1, 0.15) is 77.0 Å². The van der Waals surface area contributed by atoms with Gasteiger partial charge in [-0.15, -0.1) is 0 Å². The molecule has 0 aromatic rings. The minimum absolute atomic E-state index is 0.432. The first-order valence-corrected chi connectivity index (χ1v) is 16.2. The first-order chi connectivity index (χ1) is 19.0. The predicted molar refractivity (Wildman–Crippen MR) is 164 cm³/mol. The smallest absolute Gasteiger partial charge is 0.0770 e. The number of piperidine rings is 2. The summed E-state index contributed by atoms with van der Waals surface area (Å²) in [7, 11) is 0. The lowest BCUT2D eigenvalue weighted by molar-refractivity contribution is 0.0164. The lowest BCUT2D eigenvalue weighted by Gasteiger charge is -2.27. The fraction of sp³-hybridized carbons (Fsp3) is 0.765. The van der Waals surface area contributed by atoms with E-state index in [9.17, 15) is 0 Å². The summed E-state index contributed by atoms with van der Waals surface area (Å²) in [6, 6.07) is 1.85. The van der Waals surface area contributed by atoms with Gasteiger partial charge < -0.3 is 26.0 Å². The van der Waals surface area contributed by atoms with Gasteiger partial charge in [-0.1, -0.05) is 48.6 Å². The molecule has 0 amide bonds. The maximum absolute atomic E-state index is 5.55. The highest BCUT2D eigenvalue weighted by molar-refractivity contribution is 5.17. The van der Waals surface area contributed by atoms with Crippen LogP contribution in [0, 0.1) is 23.7 Å². The van der Waals surface area contributed by atoms with Gasteiger partial charge in [0.1, 0.15) is 0 Å². The molecule has 5 nitrogen and oxygen atoms in total. The van der Waals surface area contributed by atoms with Crippen LogP contribution in [-0.2, 0) is 4.74 Å². The number of hydrogen-bond acceptors (Lipinski definition) is 5. The number of rotatable bonds is 0. The molecule has 4 N–H and O–H groups in total. The van der Waals surface area contributed by atoms with Gasteiger partial charge in [0.15, 0.2) is 0 Å². The third kappa shape index (κ3) is 7.35. The molecular formula is C34H56N4O. The van der Waals surface area contributed by atoms with Gasteiger partial charge in [-0.3, -0.25) is 0 Å². The van der Waals surface area contributed by atoms with E-state index in [1.54, 1.807) is 0 Å². The number of hydrogen-bond donors (Lipinski definition) is 4. The van der Waals surface area contributed by atoms with Crippen molar-refractivity contribution in [3.05, 3.63) is 48.6 Å². The summed E-state index contributed by atoms with van der Waals surface area (Å²) in [5.74, 6) is 3.68. The second kappa shape index (κ2) is 14.1. The fourth-order valence-corrected chi connectivity index (χ4v) is 8.43. The molecule has 4 saturated carbocycles. The van der Waals surface area contributed by atoms with Crippen LogP contribution in [0.4, 0.5) is 0 Å². The fourth-order valence-electron chi connectivity index (χ4n) is 8.43. The molecular weight excluding hydrogens is 480 g/mol. The molecule has 8 fully saturated rings. The monoisotopic (exact) mass is 536 g/mol. The largest absolute Gasteiger partial charge is 0.375 e. The molecule has 0 radical (unpaired) electrons. The van der Waals surface area contributed by atoms with Gasteiger partial charge in [-0.2, -0.15) is 0 Å². The average Bonchev–Trinajstić information content (AvgIpc) is 3.80.